The van der Waals surface area contributed by atoms with Crippen molar-refractivity contribution in [3.63, 3.8) is 0 Å². The third kappa shape index (κ3) is 2.63. The SMILES string of the molecule is CC(=O)c1csc(CC2CCN(C)C2)n1. The highest BCUT2D eigenvalue weighted by molar-refractivity contribution is 7.09. The number of rotatable bonds is 3. The molecular formula is C11H16N2OS. The van der Waals surface area contributed by atoms with E-state index in [0.29, 0.717) is 5.69 Å². The molecule has 1 unspecified atom stereocenters. The molecule has 4 heteroatoms. The van der Waals surface area contributed by atoms with Crippen molar-refractivity contribution in [1.29, 1.82) is 0 Å². The van der Waals surface area contributed by atoms with Gasteiger partial charge in [0.1, 0.15) is 5.69 Å². The van der Waals surface area contributed by atoms with Crippen LogP contribution in [0.1, 0.15) is 28.8 Å². The van der Waals surface area contributed by atoms with Crippen LogP contribution in [-0.4, -0.2) is 35.8 Å². The van der Waals surface area contributed by atoms with Crippen molar-refractivity contribution in [2.45, 2.75) is 19.8 Å². The zero-order valence-corrected chi connectivity index (χ0v) is 10.0. The fourth-order valence-electron chi connectivity index (χ4n) is 2.01. The number of nitrogens with zero attached hydrogens (tertiary/aromatic N) is 2. The molecule has 1 atom stereocenters. The molecule has 1 aliphatic heterocycles. The van der Waals surface area contributed by atoms with Gasteiger partial charge in [0, 0.05) is 25.3 Å². The Kier molecular flexibility index (Phi) is 3.17. The van der Waals surface area contributed by atoms with Crippen molar-refractivity contribution in [2.24, 2.45) is 5.92 Å². The number of Topliss-reactive ketones (excluding diaryl/α,β-unsaturated/α-hetero) is 1. The van der Waals surface area contributed by atoms with E-state index in [4.69, 9.17) is 0 Å². The standard InChI is InChI=1S/C11H16N2OS/c1-8(14)10-7-15-11(12-10)5-9-3-4-13(2)6-9/h7,9H,3-6H2,1-2H3. The van der Waals surface area contributed by atoms with Gasteiger partial charge in [-0.25, -0.2) is 4.98 Å². The Bertz CT molecular complexity index is 361. The Labute approximate surface area is 94.1 Å². The number of likely N-dealkylation sites (tertiary alicyclic amines) is 1. The first-order valence-corrected chi connectivity index (χ1v) is 6.17. The average Bonchev–Trinajstić information content (AvgIpc) is 2.76. The van der Waals surface area contributed by atoms with Gasteiger partial charge in [0.15, 0.2) is 5.78 Å². The second kappa shape index (κ2) is 4.41. The molecule has 0 bridgehead atoms. The number of hydrogen-bond donors (Lipinski definition) is 0. The molecule has 2 rings (SSSR count). The Balaban J connectivity index is 1.96. The van der Waals surface area contributed by atoms with Gasteiger partial charge in [0.2, 0.25) is 0 Å². The van der Waals surface area contributed by atoms with Crippen LogP contribution in [0, 0.1) is 5.92 Å². The largest absolute Gasteiger partial charge is 0.306 e. The summed E-state index contributed by atoms with van der Waals surface area (Å²) in [5, 5.41) is 2.98. The van der Waals surface area contributed by atoms with Crippen molar-refractivity contribution in [1.82, 2.24) is 9.88 Å². The van der Waals surface area contributed by atoms with Crippen LogP contribution in [0.5, 0.6) is 0 Å². The molecule has 1 fully saturated rings. The second-order valence-corrected chi connectivity index (χ2v) is 5.25. The Morgan fingerprint density at radius 1 is 1.73 bits per heavy atom. The minimum absolute atomic E-state index is 0.0704. The molecule has 1 aromatic heterocycles. The normalized spacial score (nSPS) is 22.1. The lowest BCUT2D eigenvalue weighted by molar-refractivity contribution is 0.101. The third-order valence-electron chi connectivity index (χ3n) is 2.86. The zero-order chi connectivity index (χ0) is 10.8. The van der Waals surface area contributed by atoms with E-state index >= 15 is 0 Å². The van der Waals surface area contributed by atoms with Gasteiger partial charge < -0.3 is 4.90 Å². The Hall–Kier alpha value is -0.740. The first-order valence-electron chi connectivity index (χ1n) is 5.29. The van der Waals surface area contributed by atoms with Gasteiger partial charge in [0.25, 0.3) is 0 Å². The molecule has 2 heterocycles. The molecule has 0 amide bonds. The number of ketones is 1. The summed E-state index contributed by atoms with van der Waals surface area (Å²) >= 11 is 1.62. The Morgan fingerprint density at radius 3 is 3.07 bits per heavy atom. The maximum Gasteiger partial charge on any atom is 0.178 e. The first-order chi connectivity index (χ1) is 7.15. The summed E-state index contributed by atoms with van der Waals surface area (Å²) in [6, 6.07) is 0. The number of thiazole rings is 1. The highest BCUT2D eigenvalue weighted by Gasteiger charge is 2.21. The molecule has 1 aromatic rings. The lowest BCUT2D eigenvalue weighted by Crippen LogP contribution is -2.14. The van der Waals surface area contributed by atoms with Gasteiger partial charge >= 0.3 is 0 Å². The molecule has 0 aromatic carbocycles. The first kappa shape index (κ1) is 10.8. The number of carbonyl (C=O) groups excluding carboxylic acids is 1. The fraction of sp³-hybridized carbons (Fsp3) is 0.636. The van der Waals surface area contributed by atoms with E-state index in [1.165, 1.54) is 13.0 Å². The van der Waals surface area contributed by atoms with Crippen molar-refractivity contribution in [2.75, 3.05) is 20.1 Å². The molecule has 0 N–H and O–H groups in total. The van der Waals surface area contributed by atoms with Crippen molar-refractivity contribution in [3.8, 4) is 0 Å². The van der Waals surface area contributed by atoms with Crippen LogP contribution in [0.15, 0.2) is 5.38 Å². The molecule has 15 heavy (non-hydrogen) atoms. The summed E-state index contributed by atoms with van der Waals surface area (Å²) in [6.07, 6.45) is 2.29. The third-order valence-corrected chi connectivity index (χ3v) is 3.74. The minimum Gasteiger partial charge on any atom is -0.306 e. The number of hydrogen-bond acceptors (Lipinski definition) is 4. The summed E-state index contributed by atoms with van der Waals surface area (Å²) in [5.74, 6) is 0.794. The number of carbonyl (C=O) groups is 1. The molecular weight excluding hydrogens is 208 g/mol. The maximum absolute atomic E-state index is 11.1. The summed E-state index contributed by atoms with van der Waals surface area (Å²) in [5.41, 5.74) is 0.626. The van der Waals surface area contributed by atoms with E-state index in [1.54, 1.807) is 18.3 Å². The molecule has 0 aliphatic carbocycles. The molecule has 0 radical (unpaired) electrons. The maximum atomic E-state index is 11.1. The lowest BCUT2D eigenvalue weighted by atomic mass is 10.1. The molecule has 0 spiro atoms. The number of aromatic nitrogens is 1. The van der Waals surface area contributed by atoms with Gasteiger partial charge in [-0.1, -0.05) is 0 Å². The van der Waals surface area contributed by atoms with Crippen LogP contribution in [0.2, 0.25) is 0 Å². The zero-order valence-electron chi connectivity index (χ0n) is 9.19. The highest BCUT2D eigenvalue weighted by atomic mass is 32.1. The van der Waals surface area contributed by atoms with Crippen LogP contribution >= 0.6 is 11.3 Å². The molecule has 1 aliphatic rings. The lowest BCUT2D eigenvalue weighted by Gasteiger charge is -2.07. The second-order valence-electron chi connectivity index (χ2n) is 4.30. The van der Waals surface area contributed by atoms with E-state index in [2.05, 4.69) is 16.9 Å². The van der Waals surface area contributed by atoms with Crippen molar-refractivity contribution < 1.29 is 4.79 Å². The van der Waals surface area contributed by atoms with Gasteiger partial charge in [0.05, 0.1) is 5.01 Å². The highest BCUT2D eigenvalue weighted by Crippen LogP contribution is 2.21. The average molecular weight is 224 g/mol. The summed E-state index contributed by atoms with van der Waals surface area (Å²) < 4.78 is 0. The van der Waals surface area contributed by atoms with E-state index in [0.717, 1.165) is 23.9 Å². The van der Waals surface area contributed by atoms with E-state index in [-0.39, 0.29) is 5.78 Å². The summed E-state index contributed by atoms with van der Waals surface area (Å²) in [7, 11) is 2.16. The minimum atomic E-state index is 0.0704. The van der Waals surface area contributed by atoms with Crippen LogP contribution in [0.3, 0.4) is 0 Å². The predicted octanol–water partition coefficient (Wildman–Crippen LogP) is 1.84. The van der Waals surface area contributed by atoms with Crippen LogP contribution in [0.4, 0.5) is 0 Å². The van der Waals surface area contributed by atoms with Crippen LogP contribution in [0.25, 0.3) is 0 Å². The topological polar surface area (TPSA) is 33.2 Å². The van der Waals surface area contributed by atoms with Gasteiger partial charge in [-0.05, 0) is 25.9 Å². The van der Waals surface area contributed by atoms with Crippen molar-refractivity contribution in [3.05, 3.63) is 16.1 Å². The molecule has 82 valence electrons. The monoisotopic (exact) mass is 224 g/mol. The quantitative estimate of drug-likeness (QED) is 0.735. The molecule has 0 saturated carbocycles. The van der Waals surface area contributed by atoms with Crippen LogP contribution < -0.4 is 0 Å². The molecule has 3 nitrogen and oxygen atoms in total. The van der Waals surface area contributed by atoms with Crippen molar-refractivity contribution >= 4 is 17.1 Å². The summed E-state index contributed by atoms with van der Waals surface area (Å²) in [4.78, 5) is 17.8. The molecule has 1 saturated heterocycles. The smallest absolute Gasteiger partial charge is 0.178 e. The fourth-order valence-corrected chi connectivity index (χ4v) is 2.96. The van der Waals surface area contributed by atoms with E-state index in [1.807, 2.05) is 5.38 Å². The van der Waals surface area contributed by atoms with E-state index in [9.17, 15) is 4.79 Å². The van der Waals surface area contributed by atoms with Gasteiger partial charge in [-0.2, -0.15) is 0 Å². The predicted molar refractivity (Wildman–Crippen MR) is 61.4 cm³/mol. The van der Waals surface area contributed by atoms with E-state index < -0.39 is 0 Å². The summed E-state index contributed by atoms with van der Waals surface area (Å²) in [6.45, 7) is 3.92. The van der Waals surface area contributed by atoms with Gasteiger partial charge in [-0.15, -0.1) is 11.3 Å². The van der Waals surface area contributed by atoms with Crippen LogP contribution in [-0.2, 0) is 6.42 Å². The van der Waals surface area contributed by atoms with Gasteiger partial charge in [-0.3, -0.25) is 4.79 Å². The Morgan fingerprint density at radius 2 is 2.53 bits per heavy atom.